The van der Waals surface area contributed by atoms with Crippen LogP contribution < -0.4 is 5.73 Å². The second-order valence-electron chi connectivity index (χ2n) is 4.22. The molecule has 1 fully saturated rings. The van der Waals surface area contributed by atoms with Crippen molar-refractivity contribution < 1.29 is 19.8 Å². The van der Waals surface area contributed by atoms with E-state index in [0.29, 0.717) is 11.6 Å². The van der Waals surface area contributed by atoms with Gasteiger partial charge >= 0.3 is 6.03 Å². The molecule has 0 aromatic carbocycles. The lowest BCUT2D eigenvalue weighted by molar-refractivity contribution is -0.152. The molecule has 112 valence electrons. The van der Waals surface area contributed by atoms with Gasteiger partial charge in [0, 0.05) is 6.20 Å². The van der Waals surface area contributed by atoms with E-state index in [-0.39, 0.29) is 12.5 Å². The number of urea groups is 1. The highest BCUT2D eigenvalue weighted by Gasteiger charge is 2.49. The summed E-state index contributed by atoms with van der Waals surface area (Å²) in [4.78, 5) is 27.4. The number of hydrogen-bond acceptors (Lipinski definition) is 5. The minimum Gasteiger partial charge on any atom is -0.462 e. The first-order chi connectivity index (χ1) is 9.96. The van der Waals surface area contributed by atoms with Crippen LogP contribution >= 0.6 is 11.6 Å². The molecular formula is C13H14ClN3O4. The van der Waals surface area contributed by atoms with Crippen molar-refractivity contribution in [1.82, 2.24) is 9.88 Å². The fourth-order valence-corrected chi connectivity index (χ4v) is 2.33. The molecule has 3 amide bonds. The Bertz CT molecular complexity index is 573. The number of rotatable bonds is 3. The molecule has 0 saturated carbocycles. The smallest absolute Gasteiger partial charge is 0.321 e. The second-order valence-corrected chi connectivity index (χ2v) is 4.61. The Morgan fingerprint density at radius 1 is 1.62 bits per heavy atom. The van der Waals surface area contributed by atoms with Crippen molar-refractivity contribution in [2.75, 3.05) is 6.61 Å². The number of imide groups is 1. The summed E-state index contributed by atoms with van der Waals surface area (Å²) in [7, 11) is 0. The molecule has 1 aromatic heterocycles. The van der Waals surface area contributed by atoms with E-state index in [1.54, 1.807) is 18.3 Å². The third-order valence-corrected chi connectivity index (χ3v) is 3.23. The molecule has 1 unspecified atom stereocenters. The summed E-state index contributed by atoms with van der Waals surface area (Å²) in [6, 6.07) is 2.00. The van der Waals surface area contributed by atoms with Crippen molar-refractivity contribution in [3.63, 3.8) is 0 Å². The van der Waals surface area contributed by atoms with Crippen LogP contribution in [0.15, 0.2) is 18.3 Å². The zero-order valence-electron chi connectivity index (χ0n) is 10.9. The average Bonchev–Trinajstić information content (AvgIpc) is 2.42. The zero-order chi connectivity index (χ0) is 16.0. The van der Waals surface area contributed by atoms with Gasteiger partial charge in [0.15, 0.2) is 0 Å². The maximum absolute atomic E-state index is 11.7. The SMILES string of the molecule is C#CO.NC(=O)N1C(=O)[C@H](Cc2ccnc(Cl)c2)C1CO. The number of halogens is 1. The number of hydrogen-bond donors (Lipinski definition) is 3. The molecule has 1 aromatic rings. The number of nitrogens with two attached hydrogens (primary N) is 1. The van der Waals surface area contributed by atoms with E-state index >= 15 is 0 Å². The van der Waals surface area contributed by atoms with Gasteiger partial charge in [-0.1, -0.05) is 18.0 Å². The molecule has 7 nitrogen and oxygen atoms in total. The van der Waals surface area contributed by atoms with E-state index in [1.165, 1.54) is 6.11 Å². The van der Waals surface area contributed by atoms with Crippen molar-refractivity contribution in [3.05, 3.63) is 29.0 Å². The van der Waals surface area contributed by atoms with Gasteiger partial charge in [0.1, 0.15) is 11.3 Å². The molecule has 4 N–H and O–H groups in total. The Labute approximate surface area is 126 Å². The number of aliphatic hydroxyl groups excluding tert-OH is 2. The van der Waals surface area contributed by atoms with Gasteiger partial charge in [0.2, 0.25) is 5.91 Å². The second kappa shape index (κ2) is 7.47. The Kier molecular flexibility index (Phi) is 5.96. The third-order valence-electron chi connectivity index (χ3n) is 3.02. The number of likely N-dealkylation sites (tertiary alicyclic amines) is 1. The maximum Gasteiger partial charge on any atom is 0.321 e. The highest BCUT2D eigenvalue weighted by Crippen LogP contribution is 2.29. The number of aliphatic hydroxyl groups is 2. The van der Waals surface area contributed by atoms with Gasteiger partial charge in [-0.05, 0) is 24.1 Å². The topological polar surface area (TPSA) is 117 Å². The predicted octanol–water partition coefficient (Wildman–Crippen LogP) is 0.125. The average molecular weight is 312 g/mol. The predicted molar refractivity (Wildman–Crippen MR) is 74.5 cm³/mol. The lowest BCUT2D eigenvalue weighted by Gasteiger charge is -2.43. The number of nitrogens with zero attached hydrogens (tertiary/aromatic N) is 2. The molecule has 0 radical (unpaired) electrons. The van der Waals surface area contributed by atoms with E-state index in [9.17, 15) is 14.7 Å². The molecule has 0 aliphatic carbocycles. The minimum absolute atomic E-state index is 0.293. The number of pyridine rings is 1. The van der Waals surface area contributed by atoms with Crippen LogP contribution in [-0.4, -0.2) is 44.7 Å². The van der Waals surface area contributed by atoms with Crippen LogP contribution in [-0.2, 0) is 11.2 Å². The van der Waals surface area contributed by atoms with Crippen molar-refractivity contribution in [2.24, 2.45) is 11.7 Å². The summed E-state index contributed by atoms with van der Waals surface area (Å²) in [5.74, 6) is -0.810. The van der Waals surface area contributed by atoms with Gasteiger partial charge in [0.05, 0.1) is 18.6 Å². The van der Waals surface area contributed by atoms with E-state index in [1.807, 2.05) is 0 Å². The Balaban J connectivity index is 0.000000677. The summed E-state index contributed by atoms with van der Waals surface area (Å²) in [5, 5.41) is 16.6. The summed E-state index contributed by atoms with van der Waals surface area (Å²) in [6.07, 6.45) is 7.34. The van der Waals surface area contributed by atoms with E-state index in [2.05, 4.69) is 11.4 Å². The summed E-state index contributed by atoms with van der Waals surface area (Å²) in [5.41, 5.74) is 5.89. The lowest BCUT2D eigenvalue weighted by atomic mass is 9.83. The fourth-order valence-electron chi connectivity index (χ4n) is 2.13. The largest absolute Gasteiger partial charge is 0.462 e. The number of carbonyl (C=O) groups is 2. The van der Waals surface area contributed by atoms with Crippen LogP contribution in [0.3, 0.4) is 0 Å². The van der Waals surface area contributed by atoms with Crippen LogP contribution in [0.2, 0.25) is 5.15 Å². The number of terminal acetylenes is 1. The van der Waals surface area contributed by atoms with Gasteiger partial charge in [0.25, 0.3) is 0 Å². The normalized spacial score (nSPS) is 19.9. The van der Waals surface area contributed by atoms with Gasteiger partial charge in [-0.3, -0.25) is 9.69 Å². The third kappa shape index (κ3) is 3.84. The van der Waals surface area contributed by atoms with Crippen LogP contribution in [0.5, 0.6) is 0 Å². The van der Waals surface area contributed by atoms with Gasteiger partial charge in [-0.15, -0.1) is 0 Å². The molecule has 21 heavy (non-hydrogen) atoms. The van der Waals surface area contributed by atoms with Crippen LogP contribution in [0, 0.1) is 18.4 Å². The molecule has 1 aliphatic heterocycles. The fraction of sp³-hybridized carbons (Fsp3) is 0.308. The number of amides is 3. The van der Waals surface area contributed by atoms with Crippen molar-refractivity contribution >= 4 is 23.5 Å². The molecular weight excluding hydrogens is 298 g/mol. The van der Waals surface area contributed by atoms with E-state index < -0.39 is 18.0 Å². The quantitative estimate of drug-likeness (QED) is 0.416. The Hall–Kier alpha value is -2.30. The van der Waals surface area contributed by atoms with E-state index in [4.69, 9.17) is 22.4 Å². The molecule has 1 aliphatic rings. The summed E-state index contributed by atoms with van der Waals surface area (Å²) in [6.45, 7) is -0.293. The Morgan fingerprint density at radius 2 is 2.24 bits per heavy atom. The van der Waals surface area contributed by atoms with Gasteiger partial charge in [-0.25, -0.2) is 9.78 Å². The number of β-lactam (4-membered cyclic amide) rings is 1. The molecule has 0 spiro atoms. The molecule has 1 saturated heterocycles. The number of primary amides is 1. The molecule has 2 rings (SSSR count). The van der Waals surface area contributed by atoms with Gasteiger partial charge < -0.3 is 15.9 Å². The lowest BCUT2D eigenvalue weighted by Crippen LogP contribution is -2.66. The Morgan fingerprint density at radius 3 is 2.71 bits per heavy atom. The maximum atomic E-state index is 11.7. The van der Waals surface area contributed by atoms with Crippen molar-refractivity contribution in [3.8, 4) is 12.5 Å². The number of aromatic nitrogens is 1. The van der Waals surface area contributed by atoms with E-state index in [0.717, 1.165) is 10.5 Å². The summed E-state index contributed by atoms with van der Waals surface area (Å²) < 4.78 is 0. The standard InChI is InChI=1S/C11H12ClN3O3.C2H2O/c12-9-4-6(1-2-14-9)3-7-8(5-16)15(10(7)17)11(13)18;1-2-3/h1-2,4,7-8,16H,3,5H2,(H2,13,18);1,3H/t7-,8?;/m1./s1. The summed E-state index contributed by atoms with van der Waals surface area (Å²) >= 11 is 5.75. The molecule has 2 heterocycles. The highest BCUT2D eigenvalue weighted by molar-refractivity contribution is 6.29. The van der Waals surface area contributed by atoms with Crippen molar-refractivity contribution in [1.29, 1.82) is 0 Å². The molecule has 8 heteroatoms. The van der Waals surface area contributed by atoms with Crippen LogP contribution in [0.4, 0.5) is 4.79 Å². The van der Waals surface area contributed by atoms with Crippen LogP contribution in [0.1, 0.15) is 5.56 Å². The highest BCUT2D eigenvalue weighted by atomic mass is 35.5. The van der Waals surface area contributed by atoms with Crippen molar-refractivity contribution in [2.45, 2.75) is 12.5 Å². The van der Waals surface area contributed by atoms with Gasteiger partial charge in [-0.2, -0.15) is 0 Å². The zero-order valence-corrected chi connectivity index (χ0v) is 11.7. The number of carbonyl (C=O) groups excluding carboxylic acids is 2. The molecule has 0 bridgehead atoms. The monoisotopic (exact) mass is 311 g/mol. The minimum atomic E-state index is -0.830. The van der Waals surface area contributed by atoms with Crippen LogP contribution in [0.25, 0.3) is 0 Å². The first kappa shape index (κ1) is 16.8. The first-order valence-electron chi connectivity index (χ1n) is 5.89. The first-order valence-corrected chi connectivity index (χ1v) is 6.27. The molecule has 2 atom stereocenters.